The number of benzene rings is 2. The minimum absolute atomic E-state index is 0.0480. The van der Waals surface area contributed by atoms with Crippen molar-refractivity contribution >= 4 is 22.4 Å². The molecule has 5 nitrogen and oxygen atoms in total. The molecule has 130 valence electrons. The van der Waals surface area contributed by atoms with Gasteiger partial charge in [0, 0.05) is 40.7 Å². The lowest BCUT2D eigenvalue weighted by molar-refractivity contribution is 0.373. The van der Waals surface area contributed by atoms with E-state index >= 15 is 0 Å². The summed E-state index contributed by atoms with van der Waals surface area (Å²) in [6.07, 6.45) is 1.74. The van der Waals surface area contributed by atoms with Gasteiger partial charge in [0.25, 0.3) is 0 Å². The fourth-order valence-corrected chi connectivity index (χ4v) is 2.82. The van der Waals surface area contributed by atoms with Crippen molar-refractivity contribution in [3.63, 3.8) is 0 Å². The highest BCUT2D eigenvalue weighted by Crippen LogP contribution is 2.31. The normalized spacial score (nSPS) is 10.8. The molecule has 0 aliphatic rings. The molecule has 6 heteroatoms. The number of aromatic hydroxyl groups is 1. The summed E-state index contributed by atoms with van der Waals surface area (Å²) in [5.41, 5.74) is 3.16. The van der Waals surface area contributed by atoms with Crippen molar-refractivity contribution in [3.05, 3.63) is 66.6 Å². The Balaban J connectivity index is 1.64. The first-order valence-electron chi connectivity index (χ1n) is 8.01. The molecule has 0 aliphatic heterocycles. The molecule has 3 N–H and O–H groups in total. The molecule has 0 saturated heterocycles. The maximum absolute atomic E-state index is 13.4. The molecule has 0 atom stereocenters. The molecule has 0 aliphatic carbocycles. The molecular formula is C20H16FN3O2. The van der Waals surface area contributed by atoms with Crippen LogP contribution in [0.2, 0.25) is 0 Å². The van der Waals surface area contributed by atoms with E-state index in [-0.39, 0.29) is 11.6 Å². The highest BCUT2D eigenvalue weighted by Gasteiger charge is 2.07. The Hall–Kier alpha value is -3.54. The highest BCUT2D eigenvalue weighted by atomic mass is 19.1. The summed E-state index contributed by atoms with van der Waals surface area (Å²) >= 11 is 0. The molecule has 0 radical (unpaired) electrons. The fraction of sp³-hybridized carbons (Fsp3) is 0.0500. The summed E-state index contributed by atoms with van der Waals surface area (Å²) in [6, 6.07) is 15.2. The third-order valence-electron chi connectivity index (χ3n) is 4.09. The van der Waals surface area contributed by atoms with Crippen LogP contribution in [0.15, 0.2) is 60.8 Å². The average Bonchev–Trinajstić information content (AvgIpc) is 3.05. The average molecular weight is 349 g/mol. The Labute approximate surface area is 149 Å². The van der Waals surface area contributed by atoms with E-state index in [9.17, 15) is 9.50 Å². The number of nitrogens with one attached hydrogen (secondary N) is 2. The predicted octanol–water partition coefficient (Wildman–Crippen LogP) is 4.83. The van der Waals surface area contributed by atoms with Crippen molar-refractivity contribution in [3.8, 4) is 22.8 Å². The van der Waals surface area contributed by atoms with Gasteiger partial charge in [0.15, 0.2) is 11.5 Å². The van der Waals surface area contributed by atoms with Gasteiger partial charge in [0.05, 0.1) is 12.6 Å². The number of rotatable bonds is 4. The molecule has 2 aromatic carbocycles. The molecule has 0 spiro atoms. The zero-order valence-electron chi connectivity index (χ0n) is 14.0. The summed E-state index contributed by atoms with van der Waals surface area (Å²) in [4.78, 5) is 7.66. The van der Waals surface area contributed by atoms with Gasteiger partial charge in [0.2, 0.25) is 0 Å². The second-order valence-corrected chi connectivity index (χ2v) is 5.86. The van der Waals surface area contributed by atoms with Gasteiger partial charge in [0.1, 0.15) is 11.6 Å². The zero-order chi connectivity index (χ0) is 18.1. The number of methoxy groups -OCH3 is 1. The van der Waals surface area contributed by atoms with E-state index < -0.39 is 0 Å². The quantitative estimate of drug-likeness (QED) is 0.494. The van der Waals surface area contributed by atoms with Gasteiger partial charge >= 0.3 is 0 Å². The molecule has 0 fully saturated rings. The highest BCUT2D eigenvalue weighted by molar-refractivity contribution is 5.87. The van der Waals surface area contributed by atoms with E-state index in [2.05, 4.69) is 15.3 Å². The van der Waals surface area contributed by atoms with E-state index in [1.807, 2.05) is 18.2 Å². The van der Waals surface area contributed by atoms with E-state index in [4.69, 9.17) is 4.74 Å². The number of aromatic nitrogens is 2. The lowest BCUT2D eigenvalue weighted by Crippen LogP contribution is -1.93. The zero-order valence-corrected chi connectivity index (χ0v) is 14.0. The largest absolute Gasteiger partial charge is 0.504 e. The van der Waals surface area contributed by atoms with Crippen LogP contribution in [0.1, 0.15) is 0 Å². The molecule has 4 aromatic rings. The molecule has 2 aromatic heterocycles. The molecule has 0 amide bonds. The molecule has 0 unspecified atom stereocenters. The van der Waals surface area contributed by atoms with Crippen LogP contribution in [0, 0.1) is 5.82 Å². The van der Waals surface area contributed by atoms with E-state index in [1.165, 1.54) is 19.2 Å². The van der Waals surface area contributed by atoms with Crippen LogP contribution < -0.4 is 10.1 Å². The van der Waals surface area contributed by atoms with Gasteiger partial charge < -0.3 is 20.1 Å². The predicted molar refractivity (Wildman–Crippen MR) is 99.4 cm³/mol. The maximum atomic E-state index is 13.4. The van der Waals surface area contributed by atoms with Crippen LogP contribution in [0.25, 0.3) is 22.2 Å². The number of ether oxygens (including phenoxy) is 1. The van der Waals surface area contributed by atoms with Crippen molar-refractivity contribution in [2.24, 2.45) is 0 Å². The Morgan fingerprint density at radius 2 is 2.00 bits per heavy atom. The number of pyridine rings is 1. The lowest BCUT2D eigenvalue weighted by Gasteiger charge is -2.08. The second-order valence-electron chi connectivity index (χ2n) is 5.86. The van der Waals surface area contributed by atoms with Gasteiger partial charge in [-0.1, -0.05) is 12.1 Å². The van der Waals surface area contributed by atoms with Crippen molar-refractivity contribution < 1.29 is 14.2 Å². The van der Waals surface area contributed by atoms with Gasteiger partial charge in [-0.15, -0.1) is 0 Å². The van der Waals surface area contributed by atoms with Crippen LogP contribution in [-0.2, 0) is 0 Å². The molecule has 2 heterocycles. The Morgan fingerprint density at radius 1 is 1.12 bits per heavy atom. The van der Waals surface area contributed by atoms with Crippen LogP contribution in [-0.4, -0.2) is 22.2 Å². The van der Waals surface area contributed by atoms with Gasteiger partial charge in [-0.2, -0.15) is 0 Å². The van der Waals surface area contributed by atoms with Crippen LogP contribution in [0.5, 0.6) is 11.5 Å². The van der Waals surface area contributed by atoms with Crippen LogP contribution in [0.4, 0.5) is 15.9 Å². The van der Waals surface area contributed by atoms with E-state index in [1.54, 1.807) is 30.5 Å². The molecule has 0 bridgehead atoms. The van der Waals surface area contributed by atoms with E-state index in [0.717, 1.165) is 22.2 Å². The van der Waals surface area contributed by atoms with Gasteiger partial charge in [-0.3, -0.25) is 0 Å². The summed E-state index contributed by atoms with van der Waals surface area (Å²) in [6.45, 7) is 0. The summed E-state index contributed by atoms with van der Waals surface area (Å²) in [5.74, 6) is 0.797. The Kier molecular flexibility index (Phi) is 3.93. The molecule has 26 heavy (non-hydrogen) atoms. The second kappa shape index (κ2) is 6.40. The fourth-order valence-electron chi connectivity index (χ4n) is 2.82. The Bertz CT molecular complexity index is 1090. The van der Waals surface area contributed by atoms with Crippen molar-refractivity contribution in [1.82, 2.24) is 9.97 Å². The number of nitrogens with zero attached hydrogens (tertiary/aromatic N) is 1. The van der Waals surface area contributed by atoms with E-state index in [0.29, 0.717) is 17.3 Å². The van der Waals surface area contributed by atoms with Crippen molar-refractivity contribution in [2.75, 3.05) is 12.4 Å². The first kappa shape index (κ1) is 16.0. The standard InChI is InChI=1S/C20H16FN3O2/c1-26-19-6-5-15(9-18(19)25)23-20-10-17-13(11-22-20)8-16(24-17)12-3-2-4-14(21)7-12/h2-11,24-25H,1H3,(H,22,23). The third kappa shape index (κ3) is 3.04. The number of phenolic OH excluding ortho intramolecular Hbond substituents is 1. The SMILES string of the molecule is COc1ccc(Nc2cc3[nH]c(-c4cccc(F)c4)cc3cn2)cc1O. The summed E-state index contributed by atoms with van der Waals surface area (Å²) < 4.78 is 18.5. The van der Waals surface area contributed by atoms with Crippen molar-refractivity contribution in [2.45, 2.75) is 0 Å². The number of hydrogen-bond donors (Lipinski definition) is 3. The lowest BCUT2D eigenvalue weighted by atomic mass is 10.1. The number of aromatic amines is 1. The molecule has 4 rings (SSSR count). The van der Waals surface area contributed by atoms with Crippen molar-refractivity contribution in [1.29, 1.82) is 0 Å². The van der Waals surface area contributed by atoms with Crippen LogP contribution in [0.3, 0.4) is 0 Å². The number of fused-ring (bicyclic) bond motifs is 1. The maximum Gasteiger partial charge on any atom is 0.160 e. The number of anilines is 2. The molecular weight excluding hydrogens is 333 g/mol. The van der Waals surface area contributed by atoms with Gasteiger partial charge in [-0.05, 0) is 30.3 Å². The topological polar surface area (TPSA) is 70.2 Å². The summed E-state index contributed by atoms with van der Waals surface area (Å²) in [5, 5.41) is 13.9. The number of hydrogen-bond acceptors (Lipinski definition) is 4. The smallest absolute Gasteiger partial charge is 0.160 e. The molecule has 0 saturated carbocycles. The van der Waals surface area contributed by atoms with Crippen LogP contribution >= 0.6 is 0 Å². The minimum Gasteiger partial charge on any atom is -0.504 e. The third-order valence-corrected chi connectivity index (χ3v) is 4.09. The first-order chi connectivity index (χ1) is 12.6. The minimum atomic E-state index is -0.277. The Morgan fingerprint density at radius 3 is 2.77 bits per heavy atom. The number of halogens is 1. The monoisotopic (exact) mass is 349 g/mol. The first-order valence-corrected chi connectivity index (χ1v) is 8.01. The van der Waals surface area contributed by atoms with Gasteiger partial charge in [-0.25, -0.2) is 9.37 Å². The summed E-state index contributed by atoms with van der Waals surface area (Å²) in [7, 11) is 1.50. The number of phenols is 1. The number of H-pyrrole nitrogens is 1.